The van der Waals surface area contributed by atoms with E-state index in [9.17, 15) is 29.4 Å². The van der Waals surface area contributed by atoms with E-state index in [4.69, 9.17) is 43.6 Å². The van der Waals surface area contributed by atoms with Crippen molar-refractivity contribution in [3.63, 3.8) is 0 Å². The fourth-order valence-corrected chi connectivity index (χ4v) is 10.8. The Morgan fingerprint density at radius 2 is 1.61 bits per heavy atom. The molecule has 358 valence electrons. The second-order valence-corrected chi connectivity index (χ2v) is 19.5. The first-order valence-electron chi connectivity index (χ1n) is 22.6. The quantitative estimate of drug-likeness (QED) is 0.225. The number of amides is 1. The van der Waals surface area contributed by atoms with E-state index >= 15 is 0 Å². The first kappa shape index (κ1) is 52.3. The molecule has 0 spiro atoms. The molecule has 0 saturated carbocycles. The molecule has 4 rings (SSSR count). The number of hydrogen-bond donors (Lipinski definition) is 3. The first-order valence-corrected chi connectivity index (χ1v) is 22.6. The lowest BCUT2D eigenvalue weighted by Gasteiger charge is -2.54. The number of ether oxygens (including phenoxy) is 8. The average Bonchev–Trinajstić information content (AvgIpc) is 3.45. The van der Waals surface area contributed by atoms with Crippen LogP contribution in [0, 0.1) is 23.7 Å². The molecule has 17 nitrogen and oxygen atoms in total. The monoisotopic (exact) mass is 886 g/mol. The summed E-state index contributed by atoms with van der Waals surface area (Å²) in [5.41, 5.74) is 0.909. The predicted molar refractivity (Wildman–Crippen MR) is 228 cm³/mol. The maximum atomic E-state index is 14.8. The van der Waals surface area contributed by atoms with Gasteiger partial charge in [-0.3, -0.25) is 19.3 Å². The van der Waals surface area contributed by atoms with Crippen molar-refractivity contribution in [3.8, 4) is 0 Å². The highest BCUT2D eigenvalue weighted by molar-refractivity contribution is 5.87. The molecule has 0 aromatic heterocycles. The summed E-state index contributed by atoms with van der Waals surface area (Å²) in [6.07, 6.45) is -6.94. The van der Waals surface area contributed by atoms with Gasteiger partial charge in [0.1, 0.15) is 35.0 Å². The minimum absolute atomic E-state index is 0.0713. The molecule has 4 heterocycles. The number of aliphatic hydroxyl groups is 2. The van der Waals surface area contributed by atoms with Crippen molar-refractivity contribution >= 4 is 23.6 Å². The summed E-state index contributed by atoms with van der Waals surface area (Å²) in [7, 11) is 4.97. The Labute approximate surface area is 369 Å². The first-order chi connectivity index (χ1) is 28.8. The lowest BCUT2D eigenvalue weighted by Crippen LogP contribution is -2.70. The van der Waals surface area contributed by atoms with Crippen LogP contribution in [0.4, 0.5) is 4.79 Å². The van der Waals surface area contributed by atoms with Gasteiger partial charge in [0, 0.05) is 51.0 Å². The van der Waals surface area contributed by atoms with E-state index in [0.717, 1.165) is 13.0 Å². The van der Waals surface area contributed by atoms with Crippen LogP contribution in [-0.4, -0.2) is 168 Å². The van der Waals surface area contributed by atoms with Gasteiger partial charge >= 0.3 is 12.1 Å². The van der Waals surface area contributed by atoms with Crippen molar-refractivity contribution in [2.75, 3.05) is 40.9 Å². The van der Waals surface area contributed by atoms with Gasteiger partial charge in [-0.25, -0.2) is 4.79 Å². The Kier molecular flexibility index (Phi) is 17.3. The number of ketones is 2. The van der Waals surface area contributed by atoms with Crippen LogP contribution in [0.3, 0.4) is 0 Å². The van der Waals surface area contributed by atoms with Gasteiger partial charge in [0.25, 0.3) is 0 Å². The highest BCUT2D eigenvalue weighted by Crippen LogP contribution is 2.46. The van der Waals surface area contributed by atoms with Crippen molar-refractivity contribution in [1.82, 2.24) is 9.80 Å². The second-order valence-electron chi connectivity index (χ2n) is 19.5. The number of nitrogens with zero attached hydrogens (tertiary/aromatic N) is 2. The number of nitrogens with two attached hydrogens (primary N) is 1. The summed E-state index contributed by atoms with van der Waals surface area (Å²) in [5.74, 6) is -4.69. The van der Waals surface area contributed by atoms with Crippen LogP contribution in [0.15, 0.2) is 0 Å². The van der Waals surface area contributed by atoms with Crippen molar-refractivity contribution in [2.24, 2.45) is 29.4 Å². The van der Waals surface area contributed by atoms with E-state index in [2.05, 4.69) is 6.92 Å². The highest BCUT2D eigenvalue weighted by Gasteiger charge is 2.62. The standard InChI is InChI=1S/C45H79N3O14/c1-16-18-47(13)23-45(54)30(9)58-33(21-43(45,11)56-15)60-36-28(7)38(61-40-35(51)31(46)19-26(5)57-40)42(10,55-14)20-24(3)34(50)27(6)37-44(12,32(17-2)59-39(52)29(36)8)62-41(53)48(37)22-25(4)49/h24,26-33,35-38,40,51,54H,16-23,46H2,1-15H3/t24-,26-,27+,28+,29-,30+,31+,32-,33+,35?,36+,37-,38-,40+,42+,43-,44-,45-/m1/s1. The molecule has 4 N–H and O–H groups in total. The molecule has 18 atom stereocenters. The number of Topliss-reactive ketones (excluding diaryl/α,β-unsaturated/α-hetero) is 2. The topological polar surface area (TPSA) is 215 Å². The Bertz CT molecular complexity index is 1570. The Morgan fingerprint density at radius 1 is 0.968 bits per heavy atom. The van der Waals surface area contributed by atoms with Gasteiger partial charge < -0.3 is 58.7 Å². The zero-order valence-corrected chi connectivity index (χ0v) is 40.0. The lowest BCUT2D eigenvalue weighted by atomic mass is 9.73. The Balaban J connectivity index is 1.90. The van der Waals surface area contributed by atoms with Crippen LogP contribution in [0.2, 0.25) is 0 Å². The van der Waals surface area contributed by atoms with Crippen molar-refractivity contribution in [3.05, 3.63) is 0 Å². The van der Waals surface area contributed by atoms with Crippen molar-refractivity contribution in [2.45, 2.75) is 199 Å². The molecule has 4 fully saturated rings. The summed E-state index contributed by atoms with van der Waals surface area (Å²) >= 11 is 0. The number of rotatable bonds is 13. The van der Waals surface area contributed by atoms with E-state index < -0.39 is 113 Å². The molecule has 1 unspecified atom stereocenters. The number of likely N-dealkylation sites (N-methyl/N-ethyl adjacent to an activating group) is 1. The maximum absolute atomic E-state index is 14.8. The molecule has 1 amide bonds. The van der Waals surface area contributed by atoms with Crippen LogP contribution < -0.4 is 5.73 Å². The smallest absolute Gasteiger partial charge is 0.411 e. The van der Waals surface area contributed by atoms with Crippen molar-refractivity contribution < 1.29 is 67.3 Å². The third-order valence-corrected chi connectivity index (χ3v) is 14.5. The molecule has 0 bridgehead atoms. The molecule has 0 radical (unpaired) electrons. The number of methoxy groups -OCH3 is 2. The summed E-state index contributed by atoms with van der Waals surface area (Å²) in [6.45, 7) is 21.7. The molecule has 4 aliphatic heterocycles. The van der Waals surface area contributed by atoms with Gasteiger partial charge in [-0.05, 0) is 87.7 Å². The van der Waals surface area contributed by atoms with Crippen molar-refractivity contribution in [1.29, 1.82) is 0 Å². The largest absolute Gasteiger partial charge is 0.458 e. The summed E-state index contributed by atoms with van der Waals surface area (Å²) in [6, 6.07) is -1.65. The van der Waals surface area contributed by atoms with E-state index in [1.807, 2.05) is 32.7 Å². The number of carbonyl (C=O) groups is 4. The summed E-state index contributed by atoms with van der Waals surface area (Å²) in [5, 5.41) is 23.7. The third-order valence-electron chi connectivity index (χ3n) is 14.5. The highest BCUT2D eigenvalue weighted by atomic mass is 16.7. The summed E-state index contributed by atoms with van der Waals surface area (Å²) in [4.78, 5) is 59.0. The lowest BCUT2D eigenvalue weighted by molar-refractivity contribution is -0.338. The number of hydrogen-bond acceptors (Lipinski definition) is 16. The molecule has 62 heavy (non-hydrogen) atoms. The number of cyclic esters (lactones) is 1. The molecular formula is C45H79N3O14. The number of esters is 1. The normalized spacial score (nSPS) is 45.0. The van der Waals surface area contributed by atoms with E-state index in [1.165, 1.54) is 26.0 Å². The van der Waals surface area contributed by atoms with Crippen LogP contribution in [0.5, 0.6) is 0 Å². The third kappa shape index (κ3) is 10.4. The number of aliphatic hydroxyl groups excluding tert-OH is 1. The molecule has 4 aliphatic rings. The van der Waals surface area contributed by atoms with Crippen LogP contribution in [-0.2, 0) is 52.3 Å². The van der Waals surface area contributed by atoms with Crippen LogP contribution >= 0.6 is 0 Å². The average molecular weight is 886 g/mol. The zero-order valence-electron chi connectivity index (χ0n) is 40.0. The van der Waals surface area contributed by atoms with E-state index in [-0.39, 0.29) is 50.0 Å². The van der Waals surface area contributed by atoms with E-state index in [1.54, 1.807) is 48.5 Å². The number of fused-ring (bicyclic) bond motifs is 1. The van der Waals surface area contributed by atoms with Gasteiger partial charge in [-0.2, -0.15) is 0 Å². The molecular weight excluding hydrogens is 807 g/mol. The second kappa shape index (κ2) is 20.5. The Morgan fingerprint density at radius 3 is 2.18 bits per heavy atom. The SMILES string of the molecule is CCCN(C)C[C@@]1(O)[C@H](C)O[C@@H](O[C@H]2[C@H](C)[C@@H](O[C@@H]3O[C@H](C)C[C@H](N)C3O)[C@@](C)(OC)C[C@@H](C)C(=O)[C@H](C)[C@H]3N(CC(C)=O)C(=O)O[C@]3(C)[C@@H](CC)OC(=O)[C@@H]2C)C[C@@]1(C)OC. The maximum Gasteiger partial charge on any atom is 0.411 e. The number of carbonyl (C=O) groups excluding carboxylic acids is 4. The van der Waals surface area contributed by atoms with Crippen LogP contribution in [0.1, 0.15) is 115 Å². The summed E-state index contributed by atoms with van der Waals surface area (Å²) < 4.78 is 51.4. The van der Waals surface area contributed by atoms with Crippen LogP contribution in [0.25, 0.3) is 0 Å². The molecule has 17 heteroatoms. The van der Waals surface area contributed by atoms with Gasteiger partial charge in [-0.1, -0.05) is 34.6 Å². The fourth-order valence-electron chi connectivity index (χ4n) is 10.8. The van der Waals surface area contributed by atoms with E-state index in [0.29, 0.717) is 6.42 Å². The molecule has 0 aliphatic carbocycles. The van der Waals surface area contributed by atoms with Gasteiger partial charge in [0.2, 0.25) is 0 Å². The molecule has 0 aromatic carbocycles. The van der Waals surface area contributed by atoms with Gasteiger partial charge in [0.15, 0.2) is 18.2 Å². The molecule has 0 aromatic rings. The van der Waals surface area contributed by atoms with Gasteiger partial charge in [-0.15, -0.1) is 0 Å². The minimum atomic E-state index is -1.53. The minimum Gasteiger partial charge on any atom is -0.458 e. The Hall–Kier alpha value is -2.32. The van der Waals surface area contributed by atoms with Gasteiger partial charge in [0.05, 0.1) is 48.5 Å². The molecule has 4 saturated heterocycles. The predicted octanol–water partition coefficient (Wildman–Crippen LogP) is 3.61. The zero-order chi connectivity index (χ0) is 46.9. The fraction of sp³-hybridized carbons (Fsp3) is 0.911.